The quantitative estimate of drug-likeness (QED) is 0.369. The van der Waals surface area contributed by atoms with Gasteiger partial charge in [0.2, 0.25) is 5.91 Å². The summed E-state index contributed by atoms with van der Waals surface area (Å²) in [5.41, 5.74) is 2.04. The Morgan fingerprint density at radius 3 is 2.76 bits per heavy atom. The molecule has 2 unspecified atom stereocenters. The van der Waals surface area contributed by atoms with Crippen LogP contribution in [-0.4, -0.2) is 54.4 Å². The molecule has 3 aliphatic rings. The van der Waals surface area contributed by atoms with Gasteiger partial charge in [-0.15, -0.1) is 0 Å². The second-order valence-corrected chi connectivity index (χ2v) is 12.7. The van der Waals surface area contributed by atoms with Crippen molar-refractivity contribution in [3.05, 3.63) is 64.4 Å². The number of carbonyl (C=O) groups is 1. The van der Waals surface area contributed by atoms with Crippen molar-refractivity contribution in [3.63, 3.8) is 0 Å². The molecule has 2 aromatic rings. The van der Waals surface area contributed by atoms with Crippen LogP contribution in [-0.2, 0) is 21.4 Å². The minimum atomic E-state index is -0.286. The van der Waals surface area contributed by atoms with Crippen LogP contribution >= 0.6 is 23.5 Å². The SMILES string of the molecule is COC1CCC(CC(=O)Nc2cccc(F)c2CCC2CN[C@@H]3CCCSN2C3)(c2ccc(Cl)cc2)CC1. The largest absolute Gasteiger partial charge is 0.381 e. The van der Waals surface area contributed by atoms with Crippen LogP contribution in [0.3, 0.4) is 0 Å². The molecular formula is C30H39ClFN3O2S. The molecule has 2 aromatic carbocycles. The van der Waals surface area contributed by atoms with Gasteiger partial charge in [-0.1, -0.05) is 41.7 Å². The van der Waals surface area contributed by atoms with Crippen molar-refractivity contribution < 1.29 is 13.9 Å². The normalized spacial score (nSPS) is 29.4. The van der Waals surface area contributed by atoms with Crippen LogP contribution in [0.1, 0.15) is 62.5 Å². The van der Waals surface area contributed by atoms with E-state index in [1.807, 2.05) is 42.3 Å². The van der Waals surface area contributed by atoms with Gasteiger partial charge in [0, 0.05) is 66.1 Å². The number of amides is 1. The fraction of sp³-hybridized carbons (Fsp3) is 0.567. The van der Waals surface area contributed by atoms with Gasteiger partial charge in [-0.3, -0.25) is 4.79 Å². The lowest BCUT2D eigenvalue weighted by Gasteiger charge is -2.40. The first kappa shape index (κ1) is 27.9. The molecule has 1 aliphatic carbocycles. The number of hydrogen-bond donors (Lipinski definition) is 2. The zero-order valence-corrected chi connectivity index (χ0v) is 23.8. The Morgan fingerprint density at radius 2 is 2.00 bits per heavy atom. The number of carbonyl (C=O) groups excluding carboxylic acids is 1. The van der Waals surface area contributed by atoms with Crippen molar-refractivity contribution in [3.8, 4) is 0 Å². The fourth-order valence-electron chi connectivity index (χ4n) is 6.44. The monoisotopic (exact) mass is 559 g/mol. The molecule has 1 saturated carbocycles. The van der Waals surface area contributed by atoms with Crippen molar-refractivity contribution >= 4 is 35.1 Å². The highest BCUT2D eigenvalue weighted by Crippen LogP contribution is 2.43. The van der Waals surface area contributed by atoms with Crippen LogP contribution in [0.15, 0.2) is 42.5 Å². The van der Waals surface area contributed by atoms with Gasteiger partial charge in [-0.2, -0.15) is 0 Å². The zero-order valence-electron chi connectivity index (χ0n) is 22.2. The fourth-order valence-corrected chi connectivity index (χ4v) is 7.77. The highest BCUT2D eigenvalue weighted by atomic mass is 35.5. The predicted octanol–water partition coefficient (Wildman–Crippen LogP) is 6.35. The molecule has 2 heterocycles. The lowest BCUT2D eigenvalue weighted by atomic mass is 9.66. The minimum absolute atomic E-state index is 0.0760. The number of benzene rings is 2. The number of piperazine rings is 1. The van der Waals surface area contributed by atoms with Gasteiger partial charge in [-0.25, -0.2) is 8.70 Å². The van der Waals surface area contributed by atoms with Gasteiger partial charge in [0.1, 0.15) is 5.82 Å². The van der Waals surface area contributed by atoms with Crippen molar-refractivity contribution in [2.75, 3.05) is 31.3 Å². The molecule has 206 valence electrons. The summed E-state index contributed by atoms with van der Waals surface area (Å²) in [7, 11) is 1.76. The molecule has 8 heteroatoms. The Morgan fingerprint density at radius 1 is 1.21 bits per heavy atom. The number of nitrogens with one attached hydrogen (secondary N) is 2. The Kier molecular flexibility index (Phi) is 9.32. The average Bonchev–Trinajstić information content (AvgIpc) is 3.11. The summed E-state index contributed by atoms with van der Waals surface area (Å²) in [6, 6.07) is 13.8. The average molecular weight is 560 g/mol. The molecule has 2 saturated heterocycles. The van der Waals surface area contributed by atoms with E-state index in [0.717, 1.165) is 56.5 Å². The molecule has 5 rings (SSSR count). The first-order valence-corrected chi connectivity index (χ1v) is 15.3. The third-order valence-electron chi connectivity index (χ3n) is 8.70. The van der Waals surface area contributed by atoms with E-state index in [1.165, 1.54) is 18.9 Å². The van der Waals surface area contributed by atoms with Gasteiger partial charge in [0.25, 0.3) is 0 Å². The number of nitrogens with zero attached hydrogens (tertiary/aromatic N) is 1. The molecule has 3 fully saturated rings. The van der Waals surface area contributed by atoms with Crippen LogP contribution in [0.25, 0.3) is 0 Å². The summed E-state index contributed by atoms with van der Waals surface area (Å²) in [5, 5.41) is 7.46. The molecule has 0 spiro atoms. The molecule has 1 amide bonds. The van der Waals surface area contributed by atoms with Gasteiger partial charge in [0.15, 0.2) is 0 Å². The molecular weight excluding hydrogens is 521 g/mol. The summed E-state index contributed by atoms with van der Waals surface area (Å²) in [4.78, 5) is 13.5. The second-order valence-electron chi connectivity index (χ2n) is 11.1. The second kappa shape index (κ2) is 12.7. The van der Waals surface area contributed by atoms with E-state index in [2.05, 4.69) is 14.9 Å². The smallest absolute Gasteiger partial charge is 0.225 e. The molecule has 3 atom stereocenters. The third kappa shape index (κ3) is 6.56. The molecule has 0 radical (unpaired) electrons. The number of rotatable bonds is 8. The summed E-state index contributed by atoms with van der Waals surface area (Å²) in [5.74, 6) is 0.824. The highest BCUT2D eigenvalue weighted by molar-refractivity contribution is 7.97. The summed E-state index contributed by atoms with van der Waals surface area (Å²) < 4.78 is 23.2. The lowest BCUT2D eigenvalue weighted by Crippen LogP contribution is -2.53. The number of halogens is 2. The van der Waals surface area contributed by atoms with E-state index < -0.39 is 0 Å². The number of anilines is 1. The van der Waals surface area contributed by atoms with E-state index in [9.17, 15) is 4.79 Å². The summed E-state index contributed by atoms with van der Waals surface area (Å²) in [6.45, 7) is 1.98. The van der Waals surface area contributed by atoms with E-state index >= 15 is 4.39 Å². The van der Waals surface area contributed by atoms with E-state index in [1.54, 1.807) is 13.2 Å². The van der Waals surface area contributed by atoms with Crippen LogP contribution in [0.5, 0.6) is 0 Å². The molecule has 2 aliphatic heterocycles. The number of methoxy groups -OCH3 is 1. The van der Waals surface area contributed by atoms with Crippen molar-refractivity contribution in [2.24, 2.45) is 0 Å². The first-order valence-electron chi connectivity index (χ1n) is 13.9. The van der Waals surface area contributed by atoms with Crippen molar-refractivity contribution in [2.45, 2.75) is 81.4 Å². The van der Waals surface area contributed by atoms with Crippen LogP contribution in [0.2, 0.25) is 5.02 Å². The maximum Gasteiger partial charge on any atom is 0.225 e. The standard InChI is InChI=1S/C30H39ClFN3O2S/c1-37-25-13-15-30(16-14-25,21-7-9-22(31)10-8-21)18-29(36)34-28-6-2-5-27(32)26(28)12-11-24-19-33-23-4-3-17-38-35(24)20-23/h2,5-10,23-25,33H,3-4,11-20H2,1H3,(H,34,36)/t23-,24?,25?,30?/m1/s1. The van der Waals surface area contributed by atoms with E-state index in [4.69, 9.17) is 16.3 Å². The van der Waals surface area contributed by atoms with Crippen molar-refractivity contribution in [1.29, 1.82) is 0 Å². The summed E-state index contributed by atoms with van der Waals surface area (Å²) >= 11 is 8.10. The number of hydrogen-bond acceptors (Lipinski definition) is 5. The van der Waals surface area contributed by atoms with Crippen molar-refractivity contribution in [1.82, 2.24) is 9.62 Å². The topological polar surface area (TPSA) is 53.6 Å². The molecule has 2 bridgehead atoms. The zero-order chi connectivity index (χ0) is 26.5. The Hall–Kier alpha value is -1.64. The number of fused-ring (bicyclic) bond motifs is 2. The van der Waals surface area contributed by atoms with Crippen LogP contribution in [0.4, 0.5) is 10.1 Å². The minimum Gasteiger partial charge on any atom is -0.381 e. The highest BCUT2D eigenvalue weighted by Gasteiger charge is 2.39. The third-order valence-corrected chi connectivity index (χ3v) is 10.2. The van der Waals surface area contributed by atoms with Crippen LogP contribution < -0.4 is 10.6 Å². The maximum atomic E-state index is 15.1. The maximum absolute atomic E-state index is 15.1. The van der Waals surface area contributed by atoms with Gasteiger partial charge in [0.05, 0.1) is 6.10 Å². The van der Waals surface area contributed by atoms with E-state index in [-0.39, 0.29) is 23.2 Å². The lowest BCUT2D eigenvalue weighted by molar-refractivity contribution is -0.118. The van der Waals surface area contributed by atoms with Gasteiger partial charge < -0.3 is 15.4 Å². The van der Waals surface area contributed by atoms with Gasteiger partial charge >= 0.3 is 0 Å². The molecule has 5 nitrogen and oxygen atoms in total. The predicted molar refractivity (Wildman–Crippen MR) is 154 cm³/mol. The van der Waals surface area contributed by atoms with Gasteiger partial charge in [-0.05, 0) is 81.2 Å². The Balaban J connectivity index is 1.28. The summed E-state index contributed by atoms with van der Waals surface area (Å²) in [6.07, 6.45) is 8.00. The molecule has 0 aromatic heterocycles. The Bertz CT molecular complexity index is 1090. The number of ether oxygens (including phenoxy) is 1. The Labute approximate surface area is 235 Å². The molecule has 2 N–H and O–H groups in total. The van der Waals surface area contributed by atoms with E-state index in [0.29, 0.717) is 41.2 Å². The van der Waals surface area contributed by atoms with Crippen LogP contribution in [0, 0.1) is 5.82 Å². The first-order chi connectivity index (χ1) is 18.5. The molecule has 38 heavy (non-hydrogen) atoms.